The summed E-state index contributed by atoms with van der Waals surface area (Å²) in [5, 5.41) is 6.32. The molecular weight excluding hydrogens is 292 g/mol. The van der Waals surface area contributed by atoms with Crippen molar-refractivity contribution in [2.24, 2.45) is 11.8 Å². The van der Waals surface area contributed by atoms with Crippen molar-refractivity contribution in [3.63, 3.8) is 0 Å². The molecule has 0 saturated carbocycles. The summed E-state index contributed by atoms with van der Waals surface area (Å²) < 4.78 is 4.84. The third-order valence-electron chi connectivity index (χ3n) is 4.49. The van der Waals surface area contributed by atoms with Crippen LogP contribution in [0.3, 0.4) is 0 Å². The molecule has 2 rings (SSSR count). The van der Waals surface area contributed by atoms with Crippen LogP contribution >= 0.6 is 0 Å². The van der Waals surface area contributed by atoms with E-state index in [4.69, 9.17) is 4.74 Å². The summed E-state index contributed by atoms with van der Waals surface area (Å²) >= 11 is 0. The summed E-state index contributed by atoms with van der Waals surface area (Å²) in [5.41, 5.74) is 0.918. The number of hydrogen-bond acceptors (Lipinski definition) is 4. The molecule has 23 heavy (non-hydrogen) atoms. The van der Waals surface area contributed by atoms with Gasteiger partial charge in [-0.1, -0.05) is 30.3 Å². The van der Waals surface area contributed by atoms with Crippen molar-refractivity contribution in [2.45, 2.75) is 32.2 Å². The number of amides is 1. The van der Waals surface area contributed by atoms with E-state index < -0.39 is 5.92 Å². The van der Waals surface area contributed by atoms with Gasteiger partial charge in [-0.25, -0.2) is 0 Å². The fraction of sp³-hybridized carbons (Fsp3) is 0.556. The van der Waals surface area contributed by atoms with E-state index >= 15 is 0 Å². The number of nitrogens with one attached hydrogen (secondary N) is 2. The average Bonchev–Trinajstić information content (AvgIpc) is 3.11. The Labute approximate surface area is 137 Å². The topological polar surface area (TPSA) is 67.4 Å². The zero-order valence-electron chi connectivity index (χ0n) is 13.9. The Balaban J connectivity index is 1.98. The smallest absolute Gasteiger partial charge is 0.310 e. The van der Waals surface area contributed by atoms with Crippen molar-refractivity contribution in [3.8, 4) is 0 Å². The average molecular weight is 318 g/mol. The van der Waals surface area contributed by atoms with Crippen LogP contribution in [0.1, 0.15) is 37.8 Å². The van der Waals surface area contributed by atoms with Crippen LogP contribution in [0.2, 0.25) is 0 Å². The predicted molar refractivity (Wildman–Crippen MR) is 88.7 cm³/mol. The van der Waals surface area contributed by atoms with E-state index in [9.17, 15) is 9.59 Å². The Morgan fingerprint density at radius 3 is 2.70 bits per heavy atom. The van der Waals surface area contributed by atoms with Gasteiger partial charge in [0.05, 0.1) is 19.1 Å². The second kappa shape index (κ2) is 8.67. The highest BCUT2D eigenvalue weighted by molar-refractivity contribution is 5.79. The number of carbonyl (C=O) groups is 2. The molecule has 1 amide bonds. The van der Waals surface area contributed by atoms with Gasteiger partial charge in [0, 0.05) is 6.42 Å². The summed E-state index contributed by atoms with van der Waals surface area (Å²) in [5.74, 6) is -0.186. The van der Waals surface area contributed by atoms with E-state index in [0.717, 1.165) is 31.5 Å². The van der Waals surface area contributed by atoms with E-state index in [2.05, 4.69) is 10.6 Å². The van der Waals surface area contributed by atoms with Gasteiger partial charge in [-0.2, -0.15) is 0 Å². The highest BCUT2D eigenvalue weighted by Gasteiger charge is 2.28. The molecule has 1 aliphatic rings. The first-order valence-corrected chi connectivity index (χ1v) is 8.24. The molecule has 3 unspecified atom stereocenters. The monoisotopic (exact) mass is 318 g/mol. The zero-order chi connectivity index (χ0) is 16.7. The molecule has 1 heterocycles. The molecule has 0 radical (unpaired) electrons. The molecule has 3 atom stereocenters. The van der Waals surface area contributed by atoms with Gasteiger partial charge in [0.25, 0.3) is 0 Å². The van der Waals surface area contributed by atoms with Crippen LogP contribution in [0.4, 0.5) is 0 Å². The molecule has 1 aliphatic heterocycles. The third kappa shape index (κ3) is 5.06. The number of ether oxygens (including phenoxy) is 1. The highest BCUT2D eigenvalue weighted by Crippen LogP contribution is 2.23. The van der Waals surface area contributed by atoms with Gasteiger partial charge in [-0.15, -0.1) is 0 Å². The standard InChI is InChI=1S/C18H26N2O3/c1-13(18(22)23-2)17(15-6-4-3-5-7-15)20-16(21)9-8-14-10-11-19-12-14/h3-7,13-14,17,19H,8-12H2,1-2H3,(H,20,21). The summed E-state index contributed by atoms with van der Waals surface area (Å²) in [6, 6.07) is 9.21. The van der Waals surface area contributed by atoms with Crippen LogP contribution < -0.4 is 10.6 Å². The summed E-state index contributed by atoms with van der Waals surface area (Å²) in [7, 11) is 1.37. The molecule has 126 valence electrons. The lowest BCUT2D eigenvalue weighted by atomic mass is 9.94. The van der Waals surface area contributed by atoms with Gasteiger partial charge in [-0.05, 0) is 44.3 Å². The number of rotatable bonds is 7. The Bertz CT molecular complexity index is 512. The Kier molecular flexibility index (Phi) is 6.59. The van der Waals surface area contributed by atoms with Gasteiger partial charge in [0.2, 0.25) is 5.91 Å². The van der Waals surface area contributed by atoms with Crippen LogP contribution in [-0.4, -0.2) is 32.1 Å². The van der Waals surface area contributed by atoms with Crippen molar-refractivity contribution in [1.29, 1.82) is 0 Å². The van der Waals surface area contributed by atoms with Crippen molar-refractivity contribution in [3.05, 3.63) is 35.9 Å². The first kappa shape index (κ1) is 17.5. The Morgan fingerprint density at radius 2 is 2.09 bits per heavy atom. The molecular formula is C18H26N2O3. The number of carbonyl (C=O) groups excluding carboxylic acids is 2. The molecule has 1 saturated heterocycles. The van der Waals surface area contributed by atoms with Crippen LogP contribution in [0.5, 0.6) is 0 Å². The summed E-state index contributed by atoms with van der Waals surface area (Å²) in [6.07, 6.45) is 2.50. The lowest BCUT2D eigenvalue weighted by Crippen LogP contribution is -2.36. The van der Waals surface area contributed by atoms with E-state index in [1.807, 2.05) is 30.3 Å². The fourth-order valence-corrected chi connectivity index (χ4v) is 3.02. The molecule has 1 aromatic carbocycles. The zero-order valence-corrected chi connectivity index (χ0v) is 13.9. The molecule has 0 aromatic heterocycles. The van der Waals surface area contributed by atoms with Crippen LogP contribution in [0, 0.1) is 11.8 Å². The van der Waals surface area contributed by atoms with Crippen molar-refractivity contribution < 1.29 is 14.3 Å². The second-order valence-electron chi connectivity index (χ2n) is 6.17. The van der Waals surface area contributed by atoms with Crippen LogP contribution in [0.25, 0.3) is 0 Å². The van der Waals surface area contributed by atoms with Gasteiger partial charge < -0.3 is 15.4 Å². The molecule has 5 nitrogen and oxygen atoms in total. The van der Waals surface area contributed by atoms with Crippen LogP contribution in [0.15, 0.2) is 30.3 Å². The van der Waals surface area contributed by atoms with Gasteiger partial charge in [0.1, 0.15) is 0 Å². The van der Waals surface area contributed by atoms with E-state index in [-0.39, 0.29) is 17.9 Å². The Hall–Kier alpha value is -1.88. The van der Waals surface area contributed by atoms with Crippen molar-refractivity contribution in [1.82, 2.24) is 10.6 Å². The molecule has 5 heteroatoms. The maximum atomic E-state index is 12.3. The molecule has 0 bridgehead atoms. The maximum Gasteiger partial charge on any atom is 0.310 e. The lowest BCUT2D eigenvalue weighted by molar-refractivity contribution is -0.146. The highest BCUT2D eigenvalue weighted by atomic mass is 16.5. The molecule has 1 aromatic rings. The number of esters is 1. The number of hydrogen-bond donors (Lipinski definition) is 2. The van der Waals surface area contributed by atoms with Gasteiger partial charge in [0.15, 0.2) is 0 Å². The minimum Gasteiger partial charge on any atom is -0.469 e. The van der Waals surface area contributed by atoms with Gasteiger partial charge >= 0.3 is 5.97 Å². The molecule has 0 aliphatic carbocycles. The normalized spacial score (nSPS) is 19.8. The van der Waals surface area contributed by atoms with Crippen LogP contribution in [-0.2, 0) is 14.3 Å². The second-order valence-corrected chi connectivity index (χ2v) is 6.17. The van der Waals surface area contributed by atoms with Gasteiger partial charge in [-0.3, -0.25) is 9.59 Å². The van der Waals surface area contributed by atoms with Crippen molar-refractivity contribution >= 4 is 11.9 Å². The van der Waals surface area contributed by atoms with E-state index in [0.29, 0.717) is 12.3 Å². The SMILES string of the molecule is COC(=O)C(C)C(NC(=O)CCC1CCNC1)c1ccccc1. The first-order valence-electron chi connectivity index (χ1n) is 8.24. The van der Waals surface area contributed by atoms with E-state index in [1.54, 1.807) is 6.92 Å². The first-order chi connectivity index (χ1) is 11.1. The minimum absolute atomic E-state index is 0.0125. The maximum absolute atomic E-state index is 12.3. The quantitative estimate of drug-likeness (QED) is 0.755. The van der Waals surface area contributed by atoms with Crippen molar-refractivity contribution in [2.75, 3.05) is 20.2 Å². The molecule has 0 spiro atoms. The number of benzene rings is 1. The van der Waals surface area contributed by atoms with E-state index in [1.165, 1.54) is 7.11 Å². The summed E-state index contributed by atoms with van der Waals surface area (Å²) in [6.45, 7) is 3.82. The summed E-state index contributed by atoms with van der Waals surface area (Å²) in [4.78, 5) is 24.2. The Morgan fingerprint density at radius 1 is 1.35 bits per heavy atom. The molecule has 2 N–H and O–H groups in total. The largest absolute Gasteiger partial charge is 0.469 e. The minimum atomic E-state index is -0.431. The predicted octanol–water partition coefficient (Wildman–Crippen LogP) is 2.04. The number of methoxy groups -OCH3 is 1. The third-order valence-corrected chi connectivity index (χ3v) is 4.49. The molecule has 1 fully saturated rings. The lowest BCUT2D eigenvalue weighted by Gasteiger charge is -2.24. The fourth-order valence-electron chi connectivity index (χ4n) is 3.02.